The first-order valence-electron chi connectivity index (χ1n) is 5.93. The fraction of sp³-hybridized carbons (Fsp3) is 0.333. The maximum absolute atomic E-state index is 11.5. The molecule has 2 N–H and O–H groups in total. The van der Waals surface area contributed by atoms with Crippen molar-refractivity contribution in [2.24, 2.45) is 0 Å². The van der Waals surface area contributed by atoms with Crippen molar-refractivity contribution in [3.05, 3.63) is 39.2 Å². The monoisotopic (exact) mass is 334 g/mol. The summed E-state index contributed by atoms with van der Waals surface area (Å²) >= 11 is 7.40. The van der Waals surface area contributed by atoms with Crippen LogP contribution >= 0.6 is 22.9 Å². The Kier molecular flexibility index (Phi) is 4.87. The number of nitrogens with one attached hydrogen (secondary N) is 2. The fourth-order valence-electron chi connectivity index (χ4n) is 1.61. The second-order valence-corrected chi connectivity index (χ2v) is 7.74. The number of hydrogen-bond donors (Lipinski definition) is 2. The molecule has 8 heteroatoms. The second kappa shape index (κ2) is 6.28. The van der Waals surface area contributed by atoms with Crippen LogP contribution in [-0.4, -0.2) is 15.5 Å². The molecule has 0 aliphatic carbocycles. The molecule has 0 bridgehead atoms. The van der Waals surface area contributed by atoms with Crippen LogP contribution in [-0.2, 0) is 16.6 Å². The van der Waals surface area contributed by atoms with Crippen LogP contribution in [0.4, 0.5) is 0 Å². The normalized spacial score (nSPS) is 13.6. The summed E-state index contributed by atoms with van der Waals surface area (Å²) in [5, 5.41) is 3.17. The van der Waals surface area contributed by atoms with Gasteiger partial charge in [-0.2, -0.15) is 0 Å². The molecule has 0 saturated heterocycles. The maximum Gasteiger partial charge on any atom is 0.273 e. The van der Waals surface area contributed by atoms with E-state index in [1.54, 1.807) is 6.07 Å². The first kappa shape index (κ1) is 15.5. The Labute approximate surface area is 127 Å². The second-order valence-electron chi connectivity index (χ2n) is 4.17. The molecule has 2 heterocycles. The molecular formula is C12H15ClN2O3S2. The van der Waals surface area contributed by atoms with E-state index < -0.39 is 10.0 Å². The van der Waals surface area contributed by atoms with Gasteiger partial charge in [0.05, 0.1) is 10.9 Å². The van der Waals surface area contributed by atoms with E-state index in [0.717, 1.165) is 9.21 Å². The molecule has 2 aromatic rings. The quantitative estimate of drug-likeness (QED) is 0.852. The van der Waals surface area contributed by atoms with Crippen molar-refractivity contribution < 1.29 is 12.8 Å². The number of hydrogen-bond acceptors (Lipinski definition) is 5. The largest absolute Gasteiger partial charge is 0.447 e. The van der Waals surface area contributed by atoms with E-state index in [9.17, 15) is 8.42 Å². The number of sulfonamides is 1. The van der Waals surface area contributed by atoms with Crippen LogP contribution in [0.2, 0.25) is 4.34 Å². The molecule has 2 aromatic heterocycles. The summed E-state index contributed by atoms with van der Waals surface area (Å²) < 4.78 is 31.3. The van der Waals surface area contributed by atoms with Gasteiger partial charge in [0.2, 0.25) is 5.09 Å². The van der Waals surface area contributed by atoms with Gasteiger partial charge < -0.3 is 9.73 Å². The molecule has 1 unspecified atom stereocenters. The topological polar surface area (TPSA) is 71.3 Å². The predicted molar refractivity (Wildman–Crippen MR) is 79.5 cm³/mol. The molecular weight excluding hydrogens is 320 g/mol. The van der Waals surface area contributed by atoms with Crippen LogP contribution in [0.15, 0.2) is 33.8 Å². The maximum atomic E-state index is 11.5. The van der Waals surface area contributed by atoms with Crippen molar-refractivity contribution in [1.29, 1.82) is 0 Å². The van der Waals surface area contributed by atoms with E-state index in [-0.39, 0.29) is 11.1 Å². The van der Waals surface area contributed by atoms with Crippen LogP contribution in [0, 0.1) is 0 Å². The highest BCUT2D eigenvalue weighted by molar-refractivity contribution is 7.89. The third-order valence-corrected chi connectivity index (χ3v) is 5.47. The molecule has 0 fully saturated rings. The Morgan fingerprint density at radius 1 is 1.35 bits per heavy atom. The molecule has 0 spiro atoms. The number of rotatable bonds is 6. The van der Waals surface area contributed by atoms with Crippen molar-refractivity contribution in [2.75, 3.05) is 7.05 Å². The summed E-state index contributed by atoms with van der Waals surface area (Å²) in [6.45, 7) is 2.45. The zero-order valence-electron chi connectivity index (χ0n) is 11.0. The predicted octanol–water partition coefficient (Wildman–Crippen LogP) is 2.75. The van der Waals surface area contributed by atoms with Crippen molar-refractivity contribution in [3.63, 3.8) is 0 Å². The lowest BCUT2D eigenvalue weighted by molar-refractivity contribution is 0.393. The standard InChI is InChI=1S/C12H15ClN2O3S2/c1-8(10-4-5-11(13)19-10)15-7-9-3-6-12(18-9)20(16,17)14-2/h3-6,8,14-15H,7H2,1-2H3. The van der Waals surface area contributed by atoms with Crippen molar-refractivity contribution in [2.45, 2.75) is 24.6 Å². The SMILES string of the molecule is CNS(=O)(=O)c1ccc(CNC(C)c2ccc(Cl)s2)o1. The lowest BCUT2D eigenvalue weighted by Crippen LogP contribution is -2.18. The first-order chi connectivity index (χ1) is 9.42. The van der Waals surface area contributed by atoms with Crippen LogP contribution in [0.1, 0.15) is 23.6 Å². The molecule has 1 atom stereocenters. The fourth-order valence-corrected chi connectivity index (χ4v) is 3.37. The number of thiophene rings is 1. The van der Waals surface area contributed by atoms with E-state index >= 15 is 0 Å². The highest BCUT2D eigenvalue weighted by Crippen LogP contribution is 2.26. The average Bonchev–Trinajstić information content (AvgIpc) is 3.05. The summed E-state index contributed by atoms with van der Waals surface area (Å²) in [6.07, 6.45) is 0. The van der Waals surface area contributed by atoms with Gasteiger partial charge >= 0.3 is 0 Å². The molecule has 0 aliphatic heterocycles. The van der Waals surface area contributed by atoms with Crippen LogP contribution in [0.5, 0.6) is 0 Å². The number of furan rings is 1. The Morgan fingerprint density at radius 3 is 2.70 bits per heavy atom. The van der Waals surface area contributed by atoms with E-state index in [4.69, 9.17) is 16.0 Å². The Bertz CT molecular complexity index is 678. The van der Waals surface area contributed by atoms with Crippen LogP contribution in [0.3, 0.4) is 0 Å². The van der Waals surface area contributed by atoms with E-state index in [1.807, 2.05) is 19.1 Å². The molecule has 20 heavy (non-hydrogen) atoms. The van der Waals surface area contributed by atoms with Gasteiger partial charge in [-0.25, -0.2) is 13.1 Å². The van der Waals surface area contributed by atoms with Gasteiger partial charge in [-0.15, -0.1) is 11.3 Å². The molecule has 0 aliphatic rings. The summed E-state index contributed by atoms with van der Waals surface area (Å²) in [7, 11) is -2.18. The van der Waals surface area contributed by atoms with Crippen LogP contribution < -0.4 is 10.0 Å². The third kappa shape index (κ3) is 3.62. The minimum Gasteiger partial charge on any atom is -0.447 e. The lowest BCUT2D eigenvalue weighted by atomic mass is 10.2. The first-order valence-corrected chi connectivity index (χ1v) is 8.61. The number of halogens is 1. The highest BCUT2D eigenvalue weighted by atomic mass is 35.5. The van der Waals surface area contributed by atoms with Gasteiger partial charge in [0.1, 0.15) is 5.76 Å². The molecule has 110 valence electrons. The Hall–Kier alpha value is -0.860. The third-order valence-electron chi connectivity index (χ3n) is 2.77. The van der Waals surface area contributed by atoms with Gasteiger partial charge in [0.15, 0.2) is 0 Å². The average molecular weight is 335 g/mol. The molecule has 0 amide bonds. The van der Waals surface area contributed by atoms with Crippen molar-refractivity contribution in [1.82, 2.24) is 10.0 Å². The van der Waals surface area contributed by atoms with Crippen molar-refractivity contribution in [3.8, 4) is 0 Å². The minimum absolute atomic E-state index is 0.0800. The molecule has 2 rings (SSSR count). The zero-order valence-corrected chi connectivity index (χ0v) is 13.4. The van der Waals surface area contributed by atoms with Gasteiger partial charge in [-0.3, -0.25) is 0 Å². The Balaban J connectivity index is 1.98. The summed E-state index contributed by atoms with van der Waals surface area (Å²) in [5.74, 6) is 0.563. The van der Waals surface area contributed by atoms with E-state index in [2.05, 4.69) is 10.0 Å². The highest BCUT2D eigenvalue weighted by Gasteiger charge is 2.16. The summed E-state index contributed by atoms with van der Waals surface area (Å²) in [6, 6.07) is 7.01. The lowest BCUT2D eigenvalue weighted by Gasteiger charge is -2.10. The molecule has 0 saturated carbocycles. The minimum atomic E-state index is -3.52. The van der Waals surface area contributed by atoms with Gasteiger partial charge in [0.25, 0.3) is 10.0 Å². The zero-order chi connectivity index (χ0) is 14.8. The van der Waals surface area contributed by atoms with E-state index in [0.29, 0.717) is 12.3 Å². The van der Waals surface area contributed by atoms with Gasteiger partial charge in [0, 0.05) is 10.9 Å². The molecule has 0 radical (unpaired) electrons. The van der Waals surface area contributed by atoms with Crippen LogP contribution in [0.25, 0.3) is 0 Å². The smallest absolute Gasteiger partial charge is 0.273 e. The summed E-state index contributed by atoms with van der Waals surface area (Å²) in [4.78, 5) is 1.12. The Morgan fingerprint density at radius 2 is 2.10 bits per heavy atom. The van der Waals surface area contributed by atoms with Crippen molar-refractivity contribution >= 4 is 33.0 Å². The van der Waals surface area contributed by atoms with Gasteiger partial charge in [-0.1, -0.05) is 11.6 Å². The molecule has 5 nitrogen and oxygen atoms in total. The molecule has 0 aromatic carbocycles. The van der Waals surface area contributed by atoms with E-state index in [1.165, 1.54) is 24.5 Å². The van der Waals surface area contributed by atoms with Gasteiger partial charge in [-0.05, 0) is 38.2 Å². The summed E-state index contributed by atoms with van der Waals surface area (Å²) in [5.41, 5.74) is 0.